The number of nitrogens with one attached hydrogen (secondary N) is 2. The summed E-state index contributed by atoms with van der Waals surface area (Å²) in [5.74, 6) is -1.10. The minimum absolute atomic E-state index is 0.0527. The first-order valence-corrected chi connectivity index (χ1v) is 14.6. The van der Waals surface area contributed by atoms with Crippen molar-refractivity contribution in [3.63, 3.8) is 0 Å². The summed E-state index contributed by atoms with van der Waals surface area (Å²) in [6, 6.07) is 26.3. The van der Waals surface area contributed by atoms with Crippen molar-refractivity contribution in [2.24, 2.45) is 5.10 Å². The van der Waals surface area contributed by atoms with Gasteiger partial charge >= 0.3 is 11.8 Å². The van der Waals surface area contributed by atoms with Crippen molar-refractivity contribution in [3.8, 4) is 0 Å². The number of carbonyl (C=O) groups is 2. The molecular formula is C30H29ClN4O5S. The van der Waals surface area contributed by atoms with Crippen LogP contribution in [0.2, 0.25) is 5.02 Å². The van der Waals surface area contributed by atoms with Crippen LogP contribution in [-0.2, 0) is 39.1 Å². The fourth-order valence-corrected chi connectivity index (χ4v) is 5.37. The van der Waals surface area contributed by atoms with E-state index < -0.39 is 21.8 Å². The van der Waals surface area contributed by atoms with E-state index in [1.807, 2.05) is 37.3 Å². The van der Waals surface area contributed by atoms with Crippen LogP contribution in [0.4, 0.5) is 0 Å². The molecule has 0 aliphatic carbocycles. The second kappa shape index (κ2) is 13.9. The lowest BCUT2D eigenvalue weighted by Crippen LogP contribution is -2.38. The van der Waals surface area contributed by atoms with Gasteiger partial charge in [-0.1, -0.05) is 71.8 Å². The maximum atomic E-state index is 13.5. The lowest BCUT2D eigenvalue weighted by Gasteiger charge is -2.21. The first-order valence-electron chi connectivity index (χ1n) is 12.8. The number of hydrogen-bond donors (Lipinski definition) is 2. The molecule has 11 heteroatoms. The van der Waals surface area contributed by atoms with Crippen molar-refractivity contribution in [1.82, 2.24) is 15.0 Å². The van der Waals surface area contributed by atoms with Gasteiger partial charge in [-0.15, -0.1) is 0 Å². The molecule has 0 unspecified atom stereocenters. The fraction of sp³-hybridized carbons (Fsp3) is 0.167. The Morgan fingerprint density at radius 3 is 2.29 bits per heavy atom. The lowest BCUT2D eigenvalue weighted by atomic mass is 10.1. The number of benzene rings is 3. The average Bonchev–Trinajstić information content (AvgIpc) is 3.41. The molecule has 2 amide bonds. The molecule has 3 aromatic carbocycles. The molecule has 4 aromatic rings. The monoisotopic (exact) mass is 592 g/mol. The topological polar surface area (TPSA) is 121 Å². The van der Waals surface area contributed by atoms with Gasteiger partial charge in [0.15, 0.2) is 0 Å². The second-order valence-electron chi connectivity index (χ2n) is 9.21. The van der Waals surface area contributed by atoms with Gasteiger partial charge in [0.2, 0.25) is 10.0 Å². The third-order valence-corrected chi connectivity index (χ3v) is 8.11. The van der Waals surface area contributed by atoms with Crippen LogP contribution < -0.4 is 10.7 Å². The van der Waals surface area contributed by atoms with Gasteiger partial charge in [0, 0.05) is 18.1 Å². The summed E-state index contributed by atoms with van der Waals surface area (Å²) in [4.78, 5) is 24.2. The Kier molecular flexibility index (Phi) is 10.1. The normalized spacial score (nSPS) is 11.6. The number of aryl methyl sites for hydroxylation is 1. The molecule has 9 nitrogen and oxygen atoms in total. The minimum atomic E-state index is -3.87. The maximum absolute atomic E-state index is 13.5. The summed E-state index contributed by atoms with van der Waals surface area (Å²) in [5.41, 5.74) is 4.90. The van der Waals surface area contributed by atoms with Crippen molar-refractivity contribution >= 4 is 39.7 Å². The smallest absolute Gasteiger partial charge is 0.329 e. The van der Waals surface area contributed by atoms with Gasteiger partial charge < -0.3 is 9.73 Å². The van der Waals surface area contributed by atoms with E-state index in [4.69, 9.17) is 16.0 Å². The largest absolute Gasteiger partial charge is 0.459 e. The van der Waals surface area contributed by atoms with E-state index in [9.17, 15) is 18.0 Å². The van der Waals surface area contributed by atoms with Crippen molar-refractivity contribution in [2.45, 2.75) is 31.3 Å². The summed E-state index contributed by atoms with van der Waals surface area (Å²) < 4.78 is 34.1. The highest BCUT2D eigenvalue weighted by Gasteiger charge is 2.26. The molecule has 0 fully saturated rings. The molecule has 0 saturated heterocycles. The van der Waals surface area contributed by atoms with E-state index in [0.29, 0.717) is 23.7 Å². The van der Waals surface area contributed by atoms with Crippen molar-refractivity contribution in [1.29, 1.82) is 0 Å². The highest BCUT2D eigenvalue weighted by Crippen LogP contribution is 2.23. The first kappa shape index (κ1) is 29.7. The standard InChI is InChI=1S/C30H29ClN4O5S/c1-22-7-15-28(16-8-22)41(38,39)35(20-24-9-11-25(31)12-10-24)21-27-14-13-26(40-27)19-33-34-30(37)29(36)32-18-17-23-5-3-2-4-6-23/h2-16,19H,17-18,20-21H2,1H3,(H,32,36)(H,34,37)/b33-19+. The van der Waals surface area contributed by atoms with Crippen LogP contribution in [0.25, 0.3) is 0 Å². The summed E-state index contributed by atoms with van der Waals surface area (Å²) >= 11 is 6.00. The van der Waals surface area contributed by atoms with E-state index >= 15 is 0 Å². The van der Waals surface area contributed by atoms with E-state index in [2.05, 4.69) is 15.8 Å². The summed E-state index contributed by atoms with van der Waals surface area (Å²) in [6.45, 7) is 2.23. The number of furan rings is 1. The number of hydrazone groups is 1. The van der Waals surface area contributed by atoms with Crippen molar-refractivity contribution in [2.75, 3.05) is 6.54 Å². The van der Waals surface area contributed by atoms with E-state index in [1.54, 1.807) is 60.7 Å². The molecule has 0 radical (unpaired) electrons. The van der Waals surface area contributed by atoms with Crippen LogP contribution in [0.15, 0.2) is 105 Å². The number of rotatable bonds is 11. The molecule has 0 atom stereocenters. The van der Waals surface area contributed by atoms with Crippen molar-refractivity contribution < 1.29 is 22.4 Å². The Balaban J connectivity index is 1.38. The maximum Gasteiger partial charge on any atom is 0.329 e. The molecule has 2 N–H and O–H groups in total. The SMILES string of the molecule is Cc1ccc(S(=O)(=O)N(Cc2ccc(Cl)cc2)Cc2ccc(/C=N/NC(=O)C(=O)NCCc3ccccc3)o2)cc1. The number of hydrogen-bond acceptors (Lipinski definition) is 6. The van der Waals surface area contributed by atoms with Crippen LogP contribution in [0.5, 0.6) is 0 Å². The molecule has 41 heavy (non-hydrogen) atoms. The number of nitrogens with zero attached hydrogens (tertiary/aromatic N) is 2. The molecule has 1 heterocycles. The Morgan fingerprint density at radius 2 is 1.59 bits per heavy atom. The predicted octanol–water partition coefficient (Wildman–Crippen LogP) is 4.44. The van der Waals surface area contributed by atoms with Crippen LogP contribution in [0.1, 0.15) is 28.2 Å². The number of sulfonamides is 1. The average molecular weight is 593 g/mol. The summed E-state index contributed by atoms with van der Waals surface area (Å²) in [5, 5.41) is 6.87. The van der Waals surface area contributed by atoms with Crippen LogP contribution in [0.3, 0.4) is 0 Å². The zero-order valence-electron chi connectivity index (χ0n) is 22.3. The molecule has 0 bridgehead atoms. The Labute approximate surface area is 243 Å². The van der Waals surface area contributed by atoms with E-state index in [1.165, 1.54) is 10.5 Å². The first-order chi connectivity index (χ1) is 19.7. The highest BCUT2D eigenvalue weighted by atomic mass is 35.5. The zero-order valence-corrected chi connectivity index (χ0v) is 23.9. The molecule has 0 aliphatic rings. The quantitative estimate of drug-likeness (QED) is 0.151. The predicted molar refractivity (Wildman–Crippen MR) is 157 cm³/mol. The number of carbonyl (C=O) groups excluding carboxylic acids is 2. The van der Waals surface area contributed by atoms with Crippen molar-refractivity contribution in [3.05, 3.63) is 124 Å². The number of halogens is 1. The van der Waals surface area contributed by atoms with Gasteiger partial charge in [-0.3, -0.25) is 9.59 Å². The molecule has 0 saturated carbocycles. The van der Waals surface area contributed by atoms with Gasteiger partial charge in [-0.25, -0.2) is 13.8 Å². The van der Waals surface area contributed by atoms with Gasteiger partial charge in [0.1, 0.15) is 11.5 Å². The Morgan fingerprint density at radius 1 is 0.878 bits per heavy atom. The van der Waals surface area contributed by atoms with Gasteiger partial charge in [-0.2, -0.15) is 9.41 Å². The van der Waals surface area contributed by atoms with Crippen LogP contribution >= 0.6 is 11.6 Å². The highest BCUT2D eigenvalue weighted by molar-refractivity contribution is 7.89. The minimum Gasteiger partial charge on any atom is -0.459 e. The third-order valence-electron chi connectivity index (χ3n) is 6.05. The summed E-state index contributed by atoms with van der Waals surface area (Å²) in [6.07, 6.45) is 1.82. The van der Waals surface area contributed by atoms with Gasteiger partial charge in [0.05, 0.1) is 17.7 Å². The number of amides is 2. The van der Waals surface area contributed by atoms with Gasteiger partial charge in [-0.05, 0) is 60.9 Å². The molecule has 0 aliphatic heterocycles. The molecule has 4 rings (SSSR count). The zero-order chi connectivity index (χ0) is 29.2. The molecular weight excluding hydrogens is 564 g/mol. The van der Waals surface area contributed by atoms with E-state index in [0.717, 1.165) is 16.7 Å². The molecule has 1 aromatic heterocycles. The molecule has 0 spiro atoms. The third kappa shape index (κ3) is 8.62. The Bertz CT molecular complexity index is 1600. The lowest BCUT2D eigenvalue weighted by molar-refractivity contribution is -0.139. The fourth-order valence-electron chi connectivity index (χ4n) is 3.85. The van der Waals surface area contributed by atoms with Crippen LogP contribution in [0, 0.1) is 6.92 Å². The Hall–Kier alpha value is -4.25. The molecule has 212 valence electrons. The van der Waals surface area contributed by atoms with Crippen LogP contribution in [-0.4, -0.2) is 37.3 Å². The van der Waals surface area contributed by atoms with E-state index in [-0.39, 0.29) is 23.7 Å². The van der Waals surface area contributed by atoms with Gasteiger partial charge in [0.25, 0.3) is 0 Å². The summed E-state index contributed by atoms with van der Waals surface area (Å²) in [7, 11) is -3.87. The second-order valence-corrected chi connectivity index (χ2v) is 11.6.